The van der Waals surface area contributed by atoms with Crippen LogP contribution in [0.1, 0.15) is 20.3 Å². The van der Waals surface area contributed by atoms with Gasteiger partial charge in [-0.2, -0.15) is 0 Å². The zero-order valence-corrected chi connectivity index (χ0v) is 10.5. The lowest BCUT2D eigenvalue weighted by Gasteiger charge is -2.38. The van der Waals surface area contributed by atoms with Gasteiger partial charge in [-0.1, -0.05) is 6.92 Å². The van der Waals surface area contributed by atoms with Gasteiger partial charge in [0.1, 0.15) is 5.72 Å². The van der Waals surface area contributed by atoms with Crippen molar-refractivity contribution in [1.82, 2.24) is 10.2 Å². The fourth-order valence-electron chi connectivity index (χ4n) is 1.42. The van der Waals surface area contributed by atoms with Crippen LogP contribution in [0.25, 0.3) is 0 Å². The molecule has 4 heteroatoms. The number of nitrogens with one attached hydrogen (secondary N) is 1. The molecule has 1 aliphatic heterocycles. The first-order chi connectivity index (χ1) is 6.02. The zero-order valence-electron chi connectivity index (χ0n) is 9.67. The standard InChI is InChI=1S/C10H22N2O.ClH/c1-9-7-11-10(2,13-8-9)5-6-12(3)4;/h9,11H,5-8H2,1-4H3;1H. The van der Waals surface area contributed by atoms with Crippen LogP contribution < -0.4 is 5.32 Å². The Kier molecular flexibility index (Phi) is 5.98. The molecule has 1 heterocycles. The van der Waals surface area contributed by atoms with Crippen molar-refractivity contribution in [2.24, 2.45) is 5.92 Å². The van der Waals surface area contributed by atoms with E-state index in [1.807, 2.05) is 0 Å². The van der Waals surface area contributed by atoms with Gasteiger partial charge in [0.2, 0.25) is 0 Å². The molecule has 0 radical (unpaired) electrons. The lowest BCUT2D eigenvalue weighted by atomic mass is 10.1. The number of halogens is 1. The molecule has 0 saturated carbocycles. The van der Waals surface area contributed by atoms with Crippen molar-refractivity contribution in [2.75, 3.05) is 33.8 Å². The fourth-order valence-corrected chi connectivity index (χ4v) is 1.42. The molecule has 1 aliphatic rings. The molecule has 0 spiro atoms. The number of rotatable bonds is 3. The molecular formula is C10H23ClN2O. The molecule has 2 atom stereocenters. The quantitative estimate of drug-likeness (QED) is 0.780. The topological polar surface area (TPSA) is 24.5 Å². The minimum atomic E-state index is -0.100. The Hall–Kier alpha value is 0.170. The molecule has 1 fully saturated rings. The maximum atomic E-state index is 5.79. The summed E-state index contributed by atoms with van der Waals surface area (Å²) in [5.41, 5.74) is -0.100. The van der Waals surface area contributed by atoms with Gasteiger partial charge in [0.25, 0.3) is 0 Å². The highest BCUT2D eigenvalue weighted by Crippen LogP contribution is 2.18. The second-order valence-electron chi connectivity index (χ2n) is 4.58. The highest BCUT2D eigenvalue weighted by Gasteiger charge is 2.29. The lowest BCUT2D eigenvalue weighted by molar-refractivity contribution is -0.107. The van der Waals surface area contributed by atoms with Gasteiger partial charge in [-0.15, -0.1) is 12.4 Å². The van der Waals surface area contributed by atoms with Crippen LogP contribution in [0.4, 0.5) is 0 Å². The number of ether oxygens (including phenoxy) is 1. The number of hydrogen-bond donors (Lipinski definition) is 1. The highest BCUT2D eigenvalue weighted by atomic mass is 35.5. The molecule has 2 unspecified atom stereocenters. The van der Waals surface area contributed by atoms with Gasteiger partial charge in [-0.05, 0) is 26.9 Å². The van der Waals surface area contributed by atoms with Crippen molar-refractivity contribution in [3.05, 3.63) is 0 Å². The lowest BCUT2D eigenvalue weighted by Crippen LogP contribution is -2.53. The van der Waals surface area contributed by atoms with Crippen LogP contribution in [-0.2, 0) is 4.74 Å². The first-order valence-electron chi connectivity index (χ1n) is 5.05. The predicted octanol–water partition coefficient (Wildman–Crippen LogP) is 1.33. The summed E-state index contributed by atoms with van der Waals surface area (Å²) in [6.07, 6.45) is 1.05. The molecule has 1 N–H and O–H groups in total. The van der Waals surface area contributed by atoms with Gasteiger partial charge < -0.3 is 9.64 Å². The maximum absolute atomic E-state index is 5.79. The minimum Gasteiger partial charge on any atom is -0.361 e. The third kappa shape index (κ3) is 4.60. The Balaban J connectivity index is 0.00000169. The Morgan fingerprint density at radius 1 is 1.50 bits per heavy atom. The third-order valence-electron chi connectivity index (χ3n) is 2.55. The van der Waals surface area contributed by atoms with Gasteiger partial charge in [0.15, 0.2) is 0 Å². The van der Waals surface area contributed by atoms with E-state index in [-0.39, 0.29) is 18.1 Å². The molecule has 0 aromatic carbocycles. The first kappa shape index (κ1) is 14.2. The summed E-state index contributed by atoms with van der Waals surface area (Å²) in [4.78, 5) is 2.19. The van der Waals surface area contributed by atoms with E-state index in [2.05, 4.69) is 38.2 Å². The van der Waals surface area contributed by atoms with Crippen LogP contribution >= 0.6 is 12.4 Å². The van der Waals surface area contributed by atoms with E-state index in [9.17, 15) is 0 Å². The van der Waals surface area contributed by atoms with E-state index in [0.29, 0.717) is 5.92 Å². The largest absolute Gasteiger partial charge is 0.361 e. The monoisotopic (exact) mass is 222 g/mol. The van der Waals surface area contributed by atoms with Crippen molar-refractivity contribution in [3.8, 4) is 0 Å². The summed E-state index contributed by atoms with van der Waals surface area (Å²) in [7, 11) is 4.18. The van der Waals surface area contributed by atoms with Crippen LogP contribution in [0.15, 0.2) is 0 Å². The second-order valence-corrected chi connectivity index (χ2v) is 4.58. The van der Waals surface area contributed by atoms with Crippen LogP contribution in [0.5, 0.6) is 0 Å². The van der Waals surface area contributed by atoms with E-state index in [0.717, 1.165) is 26.1 Å². The Morgan fingerprint density at radius 2 is 2.14 bits per heavy atom. The van der Waals surface area contributed by atoms with Crippen molar-refractivity contribution in [3.63, 3.8) is 0 Å². The van der Waals surface area contributed by atoms with E-state index in [4.69, 9.17) is 4.74 Å². The zero-order chi connectivity index (χ0) is 9.90. The van der Waals surface area contributed by atoms with Gasteiger partial charge >= 0.3 is 0 Å². The molecule has 1 rings (SSSR count). The molecule has 0 aromatic heterocycles. The average Bonchev–Trinajstić information content (AvgIpc) is 2.08. The minimum absolute atomic E-state index is 0. The van der Waals surface area contributed by atoms with Crippen LogP contribution in [0.2, 0.25) is 0 Å². The Bertz CT molecular complexity index is 156. The fraction of sp³-hybridized carbons (Fsp3) is 1.00. The van der Waals surface area contributed by atoms with Crippen molar-refractivity contribution in [1.29, 1.82) is 0 Å². The molecule has 1 saturated heterocycles. The summed E-state index contributed by atoms with van der Waals surface area (Å²) >= 11 is 0. The van der Waals surface area contributed by atoms with Crippen LogP contribution in [0, 0.1) is 5.92 Å². The first-order valence-corrected chi connectivity index (χ1v) is 5.05. The van der Waals surface area contributed by atoms with Gasteiger partial charge in [-0.25, -0.2) is 0 Å². The van der Waals surface area contributed by atoms with E-state index >= 15 is 0 Å². The molecule has 0 aromatic rings. The molecule has 86 valence electrons. The number of nitrogens with zero attached hydrogens (tertiary/aromatic N) is 1. The van der Waals surface area contributed by atoms with Gasteiger partial charge in [0, 0.05) is 19.5 Å². The predicted molar refractivity (Wildman–Crippen MR) is 61.9 cm³/mol. The van der Waals surface area contributed by atoms with Crippen LogP contribution in [0.3, 0.4) is 0 Å². The van der Waals surface area contributed by atoms with Crippen molar-refractivity contribution >= 4 is 12.4 Å². The summed E-state index contributed by atoms with van der Waals surface area (Å²) in [5, 5.41) is 3.45. The summed E-state index contributed by atoms with van der Waals surface area (Å²) < 4.78 is 5.79. The molecular weight excluding hydrogens is 200 g/mol. The molecule has 0 aliphatic carbocycles. The third-order valence-corrected chi connectivity index (χ3v) is 2.55. The van der Waals surface area contributed by atoms with E-state index < -0.39 is 0 Å². The van der Waals surface area contributed by atoms with E-state index in [1.54, 1.807) is 0 Å². The number of hydrogen-bond acceptors (Lipinski definition) is 3. The Labute approximate surface area is 93.6 Å². The van der Waals surface area contributed by atoms with Crippen molar-refractivity contribution in [2.45, 2.75) is 26.0 Å². The summed E-state index contributed by atoms with van der Waals surface area (Å²) in [5.74, 6) is 0.646. The molecule has 14 heavy (non-hydrogen) atoms. The van der Waals surface area contributed by atoms with Crippen LogP contribution in [-0.4, -0.2) is 44.4 Å². The molecule has 0 amide bonds. The smallest absolute Gasteiger partial charge is 0.117 e. The second kappa shape index (κ2) is 5.91. The maximum Gasteiger partial charge on any atom is 0.117 e. The molecule has 3 nitrogen and oxygen atoms in total. The Morgan fingerprint density at radius 3 is 2.57 bits per heavy atom. The van der Waals surface area contributed by atoms with E-state index in [1.165, 1.54) is 0 Å². The molecule has 0 bridgehead atoms. The SMILES string of the molecule is CC1CNC(C)(CCN(C)C)OC1.Cl. The highest BCUT2D eigenvalue weighted by molar-refractivity contribution is 5.85. The van der Waals surface area contributed by atoms with Gasteiger partial charge in [-0.3, -0.25) is 5.32 Å². The average molecular weight is 223 g/mol. The normalized spacial score (nSPS) is 32.8. The van der Waals surface area contributed by atoms with Crippen molar-refractivity contribution < 1.29 is 4.74 Å². The van der Waals surface area contributed by atoms with Gasteiger partial charge in [0.05, 0.1) is 6.61 Å². The summed E-state index contributed by atoms with van der Waals surface area (Å²) in [6, 6.07) is 0. The summed E-state index contributed by atoms with van der Waals surface area (Å²) in [6.45, 7) is 7.37.